The number of ether oxygens (including phenoxy) is 1. The highest BCUT2D eigenvalue weighted by molar-refractivity contribution is 5.72. The number of carboxylic acid groups (broad SMARTS) is 1. The molecule has 1 atom stereocenters. The topological polar surface area (TPSA) is 119 Å². The Morgan fingerprint density at radius 2 is 1.68 bits per heavy atom. The average molecular weight is 433 g/mol. The van der Waals surface area contributed by atoms with Crippen molar-refractivity contribution in [2.24, 2.45) is 0 Å². The second-order valence-electron chi connectivity index (χ2n) is 9.24. The number of aliphatic carboxylic acids is 1. The van der Waals surface area contributed by atoms with E-state index in [1.165, 1.54) is 4.57 Å². The predicted octanol–water partition coefficient (Wildman–Crippen LogP) is 2.54. The highest BCUT2D eigenvalue weighted by Crippen LogP contribution is 2.54. The van der Waals surface area contributed by atoms with Crippen molar-refractivity contribution >= 4 is 17.1 Å². The molecule has 0 spiro atoms. The van der Waals surface area contributed by atoms with E-state index < -0.39 is 12.1 Å². The van der Waals surface area contributed by atoms with Crippen molar-refractivity contribution in [3.05, 3.63) is 26.7 Å². The van der Waals surface area contributed by atoms with E-state index in [2.05, 4.69) is 4.98 Å². The van der Waals surface area contributed by atoms with Crippen LogP contribution in [0.25, 0.3) is 11.2 Å². The summed E-state index contributed by atoms with van der Waals surface area (Å²) >= 11 is 0. The fourth-order valence-electron chi connectivity index (χ4n) is 5.37. The van der Waals surface area contributed by atoms with E-state index in [0.29, 0.717) is 30.7 Å². The van der Waals surface area contributed by atoms with Crippen LogP contribution in [0.4, 0.5) is 0 Å². The van der Waals surface area contributed by atoms with Gasteiger partial charge in [-0.05, 0) is 58.3 Å². The Bertz CT molecular complexity index is 1090. The highest BCUT2D eigenvalue weighted by Gasteiger charge is 2.52. The van der Waals surface area contributed by atoms with Crippen LogP contribution < -0.4 is 11.2 Å². The van der Waals surface area contributed by atoms with Gasteiger partial charge in [-0.25, -0.2) is 14.6 Å². The number of rotatable bonds is 8. The van der Waals surface area contributed by atoms with Gasteiger partial charge in [0.05, 0.1) is 5.60 Å². The minimum absolute atomic E-state index is 0.189. The van der Waals surface area contributed by atoms with Crippen molar-refractivity contribution in [1.29, 1.82) is 0 Å². The van der Waals surface area contributed by atoms with Crippen LogP contribution in [-0.4, -0.2) is 41.9 Å². The number of fused-ring (bicyclic) bond motifs is 4. The predicted molar refractivity (Wildman–Crippen MR) is 115 cm³/mol. The molecule has 0 radical (unpaired) electrons. The maximum Gasteiger partial charge on any atom is 0.332 e. The molecule has 2 aromatic heterocycles. The van der Waals surface area contributed by atoms with Crippen molar-refractivity contribution in [3.8, 4) is 0 Å². The van der Waals surface area contributed by atoms with Gasteiger partial charge in [0.1, 0.15) is 11.3 Å². The minimum atomic E-state index is -0.939. The molecule has 0 saturated heterocycles. The lowest BCUT2D eigenvalue weighted by molar-refractivity contribution is -0.178. The molecular formula is C22H32N4O5. The van der Waals surface area contributed by atoms with Gasteiger partial charge in [0.25, 0.3) is 5.56 Å². The summed E-state index contributed by atoms with van der Waals surface area (Å²) in [6, 6.07) is 0. The molecule has 2 aromatic rings. The largest absolute Gasteiger partial charge is 0.479 e. The van der Waals surface area contributed by atoms with Crippen molar-refractivity contribution in [2.45, 2.75) is 102 Å². The van der Waals surface area contributed by atoms with Crippen LogP contribution in [0.2, 0.25) is 0 Å². The first-order valence-electron chi connectivity index (χ1n) is 11.4. The standard InChI is InChI=1S/C22H32N4O5/c1-4-12-25-16-15(17(27)26(13-5-2)20(25)30)23-19(24-16)21-6-9-22(10-7-21,11-8-21)31-14(3)18(28)29/h14H,4-13H2,1-3H3,(H,23,24)(H,28,29)/t14-,21?,22?/m0/s1. The Kier molecular flexibility index (Phi) is 5.57. The normalized spacial score (nSPS) is 26.4. The van der Waals surface area contributed by atoms with Crippen LogP contribution in [0.5, 0.6) is 0 Å². The molecule has 0 aliphatic heterocycles. The minimum Gasteiger partial charge on any atom is -0.479 e. The molecule has 3 saturated carbocycles. The zero-order chi connectivity index (χ0) is 22.4. The molecule has 2 N–H and O–H groups in total. The van der Waals surface area contributed by atoms with Gasteiger partial charge < -0.3 is 14.8 Å². The smallest absolute Gasteiger partial charge is 0.332 e. The number of aromatic nitrogens is 4. The van der Waals surface area contributed by atoms with E-state index in [-0.39, 0.29) is 22.3 Å². The lowest BCUT2D eigenvalue weighted by Crippen LogP contribution is -2.52. The van der Waals surface area contributed by atoms with Crippen molar-refractivity contribution in [3.63, 3.8) is 0 Å². The molecule has 9 heteroatoms. The molecule has 9 nitrogen and oxygen atoms in total. The van der Waals surface area contributed by atoms with Gasteiger partial charge in [0.15, 0.2) is 11.8 Å². The summed E-state index contributed by atoms with van der Waals surface area (Å²) in [5.41, 5.74) is -0.311. The average Bonchev–Trinajstić information content (AvgIpc) is 3.21. The third-order valence-electron chi connectivity index (χ3n) is 7.21. The summed E-state index contributed by atoms with van der Waals surface area (Å²) in [4.78, 5) is 45.3. The third-order valence-corrected chi connectivity index (χ3v) is 7.21. The Morgan fingerprint density at radius 3 is 2.23 bits per heavy atom. The summed E-state index contributed by atoms with van der Waals surface area (Å²) in [7, 11) is 0. The third kappa shape index (κ3) is 3.52. The fourth-order valence-corrected chi connectivity index (χ4v) is 5.37. The molecule has 0 aromatic carbocycles. The van der Waals surface area contributed by atoms with Crippen molar-refractivity contribution < 1.29 is 14.6 Å². The van der Waals surface area contributed by atoms with Crippen LogP contribution in [0.3, 0.4) is 0 Å². The maximum atomic E-state index is 13.0. The number of aryl methyl sites for hydroxylation is 1. The van der Waals surface area contributed by atoms with Gasteiger partial charge in [-0.15, -0.1) is 0 Å². The first-order valence-corrected chi connectivity index (χ1v) is 11.4. The van der Waals surface area contributed by atoms with Crippen LogP contribution in [0.1, 0.15) is 78.0 Å². The first-order chi connectivity index (χ1) is 14.8. The molecule has 3 fully saturated rings. The number of carbonyl (C=O) groups is 1. The molecule has 0 amide bonds. The summed E-state index contributed by atoms with van der Waals surface area (Å²) in [5, 5.41) is 9.22. The van der Waals surface area contributed by atoms with Gasteiger partial charge >= 0.3 is 11.7 Å². The van der Waals surface area contributed by atoms with E-state index in [9.17, 15) is 19.5 Å². The van der Waals surface area contributed by atoms with Crippen molar-refractivity contribution in [1.82, 2.24) is 19.1 Å². The Balaban J connectivity index is 1.71. The van der Waals surface area contributed by atoms with Crippen LogP contribution in [-0.2, 0) is 28.0 Å². The number of carboxylic acids is 1. The Hall–Kier alpha value is -2.42. The van der Waals surface area contributed by atoms with E-state index >= 15 is 0 Å². The van der Waals surface area contributed by atoms with E-state index in [1.807, 2.05) is 13.8 Å². The lowest BCUT2D eigenvalue weighted by atomic mass is 9.58. The molecule has 2 bridgehead atoms. The number of aromatic amines is 1. The molecule has 31 heavy (non-hydrogen) atoms. The van der Waals surface area contributed by atoms with Crippen LogP contribution in [0, 0.1) is 0 Å². The fraction of sp³-hybridized carbons (Fsp3) is 0.727. The van der Waals surface area contributed by atoms with Gasteiger partial charge in [0.2, 0.25) is 0 Å². The Labute approximate surface area is 180 Å². The number of nitrogens with one attached hydrogen (secondary N) is 1. The molecule has 170 valence electrons. The first kappa shape index (κ1) is 21.8. The monoisotopic (exact) mass is 432 g/mol. The summed E-state index contributed by atoms with van der Waals surface area (Å²) in [5.74, 6) is -0.163. The highest BCUT2D eigenvalue weighted by atomic mass is 16.5. The summed E-state index contributed by atoms with van der Waals surface area (Å²) in [6.07, 6.45) is 5.41. The van der Waals surface area contributed by atoms with Gasteiger partial charge in [0, 0.05) is 18.5 Å². The quantitative estimate of drug-likeness (QED) is 0.662. The van der Waals surface area contributed by atoms with E-state index in [4.69, 9.17) is 9.72 Å². The Morgan fingerprint density at radius 1 is 1.10 bits per heavy atom. The van der Waals surface area contributed by atoms with Gasteiger partial charge in [-0.2, -0.15) is 0 Å². The second kappa shape index (κ2) is 7.93. The van der Waals surface area contributed by atoms with E-state index in [1.54, 1.807) is 11.5 Å². The summed E-state index contributed by atoms with van der Waals surface area (Å²) in [6.45, 7) is 6.43. The zero-order valence-electron chi connectivity index (χ0n) is 18.6. The number of H-pyrrole nitrogens is 1. The number of hydrogen-bond donors (Lipinski definition) is 2. The molecular weight excluding hydrogens is 400 g/mol. The van der Waals surface area contributed by atoms with Crippen LogP contribution >= 0.6 is 0 Å². The molecule has 5 rings (SSSR count). The van der Waals surface area contributed by atoms with Gasteiger partial charge in [-0.3, -0.25) is 13.9 Å². The molecule has 3 aliphatic rings. The zero-order valence-corrected chi connectivity index (χ0v) is 18.6. The van der Waals surface area contributed by atoms with Crippen molar-refractivity contribution in [2.75, 3.05) is 0 Å². The number of imidazole rings is 1. The molecule has 0 unspecified atom stereocenters. The summed E-state index contributed by atoms with van der Waals surface area (Å²) < 4.78 is 8.90. The second-order valence-corrected chi connectivity index (χ2v) is 9.24. The van der Waals surface area contributed by atoms with Gasteiger partial charge in [-0.1, -0.05) is 13.8 Å². The number of hydrogen-bond acceptors (Lipinski definition) is 5. The van der Waals surface area contributed by atoms with Crippen LogP contribution in [0.15, 0.2) is 9.59 Å². The molecule has 3 aliphatic carbocycles. The number of nitrogens with zero attached hydrogens (tertiary/aromatic N) is 3. The maximum absolute atomic E-state index is 13.0. The molecule has 2 heterocycles. The van der Waals surface area contributed by atoms with E-state index in [0.717, 1.165) is 50.8 Å². The lowest BCUT2D eigenvalue weighted by Gasteiger charge is -2.52. The SMILES string of the molecule is CCCn1c(=O)c2[nH]c(C34CCC(O[C@@H](C)C(=O)O)(CC3)CC4)nc2n(CCC)c1=O.